The summed E-state index contributed by atoms with van der Waals surface area (Å²) in [6.45, 7) is 1.69. The monoisotopic (exact) mass is 247 g/mol. The number of carbonyl (C=O) groups is 1. The fraction of sp³-hybridized carbons (Fsp3) is 0.0769. The quantitative estimate of drug-likeness (QED) is 0.905. The molecule has 92 valence electrons. The van der Waals surface area contributed by atoms with Crippen LogP contribution in [-0.4, -0.2) is 16.1 Å². The first-order chi connectivity index (χ1) is 8.58. The van der Waals surface area contributed by atoms with Crippen LogP contribution < -0.4 is 4.74 Å². The number of hydrogen-bond acceptors (Lipinski definition) is 3. The number of carboxylic acids is 1. The standard InChI is InChI=1S/C13H10FNO3/c1-8-6-12(9(7-15-8)13(16)17)18-11-5-3-2-4-10(11)14/h2-7H,1H3,(H,16,17). The molecule has 0 amide bonds. The minimum absolute atomic E-state index is 0.0226. The zero-order valence-corrected chi connectivity index (χ0v) is 9.55. The van der Waals surface area contributed by atoms with Gasteiger partial charge in [-0.25, -0.2) is 9.18 Å². The molecule has 1 aromatic heterocycles. The summed E-state index contributed by atoms with van der Waals surface area (Å²) in [4.78, 5) is 14.9. The van der Waals surface area contributed by atoms with Gasteiger partial charge in [0.05, 0.1) is 0 Å². The third-order valence-electron chi connectivity index (χ3n) is 2.29. The molecule has 0 atom stereocenters. The van der Waals surface area contributed by atoms with Crippen LogP contribution in [0, 0.1) is 12.7 Å². The molecule has 0 radical (unpaired) electrons. The largest absolute Gasteiger partial charge is 0.477 e. The van der Waals surface area contributed by atoms with E-state index < -0.39 is 11.8 Å². The van der Waals surface area contributed by atoms with Crippen molar-refractivity contribution in [2.45, 2.75) is 6.92 Å². The molecule has 0 fully saturated rings. The number of pyridine rings is 1. The molecule has 2 aromatic rings. The van der Waals surface area contributed by atoms with Crippen LogP contribution >= 0.6 is 0 Å². The van der Waals surface area contributed by atoms with Gasteiger partial charge in [-0.15, -0.1) is 0 Å². The SMILES string of the molecule is Cc1cc(Oc2ccccc2F)c(C(=O)O)cn1. The van der Waals surface area contributed by atoms with E-state index in [1.807, 2.05) is 0 Å². The molecule has 0 aliphatic rings. The number of nitrogens with zero attached hydrogens (tertiary/aromatic N) is 1. The van der Waals surface area contributed by atoms with Gasteiger partial charge in [-0.2, -0.15) is 0 Å². The maximum Gasteiger partial charge on any atom is 0.341 e. The summed E-state index contributed by atoms with van der Waals surface area (Å²) in [5.74, 6) is -1.68. The van der Waals surface area contributed by atoms with Crippen LogP contribution in [0.25, 0.3) is 0 Å². The van der Waals surface area contributed by atoms with Crippen molar-refractivity contribution in [3.05, 3.63) is 53.6 Å². The highest BCUT2D eigenvalue weighted by atomic mass is 19.1. The van der Waals surface area contributed by atoms with E-state index in [0.29, 0.717) is 5.69 Å². The van der Waals surface area contributed by atoms with E-state index in [-0.39, 0.29) is 17.1 Å². The number of para-hydroxylation sites is 1. The molecule has 5 heteroatoms. The summed E-state index contributed by atoms with van der Waals surface area (Å²) in [6.07, 6.45) is 1.19. The third kappa shape index (κ3) is 2.45. The number of aryl methyl sites for hydroxylation is 1. The number of hydrogen-bond donors (Lipinski definition) is 1. The molecule has 1 N–H and O–H groups in total. The Morgan fingerprint density at radius 3 is 2.72 bits per heavy atom. The van der Waals surface area contributed by atoms with Crippen LogP contribution in [0.1, 0.15) is 16.1 Å². The van der Waals surface area contributed by atoms with E-state index in [0.717, 1.165) is 0 Å². The fourth-order valence-electron chi connectivity index (χ4n) is 1.43. The molecule has 0 bridgehead atoms. The van der Waals surface area contributed by atoms with Gasteiger partial charge in [-0.05, 0) is 19.1 Å². The van der Waals surface area contributed by atoms with Crippen molar-refractivity contribution in [2.75, 3.05) is 0 Å². The number of halogens is 1. The highest BCUT2D eigenvalue weighted by molar-refractivity contribution is 5.90. The lowest BCUT2D eigenvalue weighted by Crippen LogP contribution is -2.02. The number of carboxylic acid groups (broad SMARTS) is 1. The number of aromatic nitrogens is 1. The van der Waals surface area contributed by atoms with E-state index >= 15 is 0 Å². The zero-order chi connectivity index (χ0) is 13.1. The molecule has 1 heterocycles. The van der Waals surface area contributed by atoms with Gasteiger partial charge in [0.25, 0.3) is 0 Å². The van der Waals surface area contributed by atoms with Crippen LogP contribution in [0.4, 0.5) is 4.39 Å². The number of aromatic carboxylic acids is 1. The molecule has 2 rings (SSSR count). The van der Waals surface area contributed by atoms with Gasteiger partial charge in [0.1, 0.15) is 11.3 Å². The van der Waals surface area contributed by atoms with Gasteiger partial charge in [-0.3, -0.25) is 4.98 Å². The summed E-state index contributed by atoms with van der Waals surface area (Å²) in [5.41, 5.74) is 0.482. The lowest BCUT2D eigenvalue weighted by molar-refractivity contribution is 0.0693. The van der Waals surface area contributed by atoms with Gasteiger partial charge >= 0.3 is 5.97 Å². The van der Waals surface area contributed by atoms with Gasteiger partial charge in [0.2, 0.25) is 0 Å². The van der Waals surface area contributed by atoms with Crippen molar-refractivity contribution in [3.8, 4) is 11.5 Å². The summed E-state index contributed by atoms with van der Waals surface area (Å²) < 4.78 is 18.7. The highest BCUT2D eigenvalue weighted by Gasteiger charge is 2.14. The average molecular weight is 247 g/mol. The Morgan fingerprint density at radius 1 is 1.33 bits per heavy atom. The summed E-state index contributed by atoms with van der Waals surface area (Å²) in [6, 6.07) is 7.25. The second-order valence-corrected chi connectivity index (χ2v) is 3.66. The molecule has 0 saturated heterocycles. The Balaban J connectivity index is 2.42. The zero-order valence-electron chi connectivity index (χ0n) is 9.55. The van der Waals surface area contributed by atoms with Gasteiger partial charge in [0, 0.05) is 18.0 Å². The van der Waals surface area contributed by atoms with Crippen LogP contribution in [0.2, 0.25) is 0 Å². The number of ether oxygens (including phenoxy) is 1. The van der Waals surface area contributed by atoms with E-state index in [1.54, 1.807) is 13.0 Å². The van der Waals surface area contributed by atoms with E-state index in [4.69, 9.17) is 9.84 Å². The Kier molecular flexibility index (Phi) is 3.23. The topological polar surface area (TPSA) is 59.4 Å². The second-order valence-electron chi connectivity index (χ2n) is 3.66. The van der Waals surface area contributed by atoms with E-state index in [2.05, 4.69) is 4.98 Å². The molecule has 0 spiro atoms. The van der Waals surface area contributed by atoms with Gasteiger partial charge in [0.15, 0.2) is 11.6 Å². The Morgan fingerprint density at radius 2 is 2.06 bits per heavy atom. The van der Waals surface area contributed by atoms with Crippen molar-refractivity contribution >= 4 is 5.97 Å². The van der Waals surface area contributed by atoms with E-state index in [1.165, 1.54) is 30.5 Å². The fourth-order valence-corrected chi connectivity index (χ4v) is 1.43. The number of benzene rings is 1. The molecule has 4 nitrogen and oxygen atoms in total. The Labute approximate surface area is 103 Å². The maximum absolute atomic E-state index is 13.4. The first kappa shape index (κ1) is 12.0. The van der Waals surface area contributed by atoms with Crippen molar-refractivity contribution in [2.24, 2.45) is 0 Å². The van der Waals surface area contributed by atoms with Gasteiger partial charge < -0.3 is 9.84 Å². The normalized spacial score (nSPS) is 10.1. The summed E-state index contributed by atoms with van der Waals surface area (Å²) >= 11 is 0. The third-order valence-corrected chi connectivity index (χ3v) is 2.29. The molecule has 0 saturated carbocycles. The minimum atomic E-state index is -1.17. The highest BCUT2D eigenvalue weighted by Crippen LogP contribution is 2.27. The van der Waals surface area contributed by atoms with Gasteiger partial charge in [-0.1, -0.05) is 12.1 Å². The molecular formula is C13H10FNO3. The number of rotatable bonds is 3. The molecular weight excluding hydrogens is 237 g/mol. The van der Waals surface area contributed by atoms with Crippen LogP contribution in [0.5, 0.6) is 11.5 Å². The van der Waals surface area contributed by atoms with Crippen molar-refractivity contribution < 1.29 is 19.0 Å². The average Bonchev–Trinajstić information content (AvgIpc) is 2.32. The van der Waals surface area contributed by atoms with Crippen molar-refractivity contribution in [1.29, 1.82) is 0 Å². The van der Waals surface area contributed by atoms with Crippen LogP contribution in [0.3, 0.4) is 0 Å². The smallest absolute Gasteiger partial charge is 0.341 e. The molecule has 0 aliphatic carbocycles. The first-order valence-corrected chi connectivity index (χ1v) is 5.20. The van der Waals surface area contributed by atoms with Crippen LogP contribution in [0.15, 0.2) is 36.5 Å². The Bertz CT molecular complexity index is 599. The predicted molar refractivity (Wildman–Crippen MR) is 62.4 cm³/mol. The summed E-state index contributed by atoms with van der Waals surface area (Å²) in [7, 11) is 0. The lowest BCUT2D eigenvalue weighted by atomic mass is 10.2. The summed E-state index contributed by atoms with van der Waals surface area (Å²) in [5, 5.41) is 8.99. The second kappa shape index (κ2) is 4.83. The molecule has 1 aromatic carbocycles. The van der Waals surface area contributed by atoms with Crippen molar-refractivity contribution in [1.82, 2.24) is 4.98 Å². The Hall–Kier alpha value is -2.43. The first-order valence-electron chi connectivity index (χ1n) is 5.20. The maximum atomic E-state index is 13.4. The predicted octanol–water partition coefficient (Wildman–Crippen LogP) is 3.02. The lowest BCUT2D eigenvalue weighted by Gasteiger charge is -2.09. The molecule has 0 aliphatic heterocycles. The minimum Gasteiger partial charge on any atom is -0.477 e. The van der Waals surface area contributed by atoms with E-state index in [9.17, 15) is 9.18 Å². The molecule has 0 unspecified atom stereocenters. The molecule has 18 heavy (non-hydrogen) atoms. The van der Waals surface area contributed by atoms with Crippen molar-refractivity contribution in [3.63, 3.8) is 0 Å². The van der Waals surface area contributed by atoms with Crippen LogP contribution in [-0.2, 0) is 0 Å².